The lowest BCUT2D eigenvalue weighted by Gasteiger charge is -1.91. The van der Waals surface area contributed by atoms with Gasteiger partial charge in [-0.3, -0.25) is 0 Å². The van der Waals surface area contributed by atoms with Crippen molar-refractivity contribution in [2.45, 2.75) is 0 Å². The standard InChI is InChI=1S/C6H4F2N/c1-4-3-9-6(8)2-5(4)7/h2-3H,1H2. The molecule has 0 aliphatic heterocycles. The maximum Gasteiger partial charge on any atom is 0.215 e. The van der Waals surface area contributed by atoms with Crippen molar-refractivity contribution in [1.82, 2.24) is 4.98 Å². The molecule has 1 aromatic rings. The number of halogens is 2. The van der Waals surface area contributed by atoms with Gasteiger partial charge in [-0.2, -0.15) is 4.39 Å². The molecule has 1 nitrogen and oxygen atoms in total. The van der Waals surface area contributed by atoms with Gasteiger partial charge < -0.3 is 0 Å². The van der Waals surface area contributed by atoms with Crippen molar-refractivity contribution in [3.8, 4) is 0 Å². The molecule has 3 heteroatoms. The van der Waals surface area contributed by atoms with E-state index in [-0.39, 0.29) is 5.56 Å². The van der Waals surface area contributed by atoms with Crippen LogP contribution in [0.1, 0.15) is 5.56 Å². The summed E-state index contributed by atoms with van der Waals surface area (Å²) in [7, 11) is 0. The average Bonchev–Trinajstić information content (AvgIpc) is 1.80. The fourth-order valence-electron chi connectivity index (χ4n) is 0.436. The molecular formula is C6H4F2N. The van der Waals surface area contributed by atoms with Gasteiger partial charge in [-0.05, 0) is 6.92 Å². The zero-order chi connectivity index (χ0) is 6.85. The van der Waals surface area contributed by atoms with E-state index < -0.39 is 11.8 Å². The normalized spacial score (nSPS) is 9.67. The molecule has 1 heterocycles. The van der Waals surface area contributed by atoms with E-state index in [9.17, 15) is 8.78 Å². The molecule has 0 aliphatic rings. The van der Waals surface area contributed by atoms with Gasteiger partial charge in [-0.15, -0.1) is 0 Å². The number of hydrogen-bond acceptors (Lipinski definition) is 1. The van der Waals surface area contributed by atoms with E-state index >= 15 is 0 Å². The minimum Gasteiger partial charge on any atom is -0.228 e. The smallest absolute Gasteiger partial charge is 0.215 e. The number of pyridine rings is 1. The van der Waals surface area contributed by atoms with Crippen molar-refractivity contribution in [2.75, 3.05) is 0 Å². The Kier molecular flexibility index (Phi) is 1.42. The summed E-state index contributed by atoms with van der Waals surface area (Å²) in [6.45, 7) is 3.26. The molecule has 0 saturated carbocycles. The van der Waals surface area contributed by atoms with Crippen LogP contribution in [0.4, 0.5) is 8.78 Å². The van der Waals surface area contributed by atoms with E-state index in [1.54, 1.807) is 0 Å². The molecule has 1 aromatic heterocycles. The molecule has 0 saturated heterocycles. The predicted molar refractivity (Wildman–Crippen MR) is 28.6 cm³/mol. The molecule has 0 fully saturated rings. The molecule has 0 aromatic carbocycles. The van der Waals surface area contributed by atoms with Crippen LogP contribution in [0.15, 0.2) is 12.3 Å². The molecule has 0 atom stereocenters. The first-order valence-electron chi connectivity index (χ1n) is 2.33. The number of aromatic nitrogens is 1. The van der Waals surface area contributed by atoms with E-state index in [2.05, 4.69) is 11.9 Å². The highest BCUT2D eigenvalue weighted by Gasteiger charge is 1.97. The zero-order valence-corrected chi connectivity index (χ0v) is 4.56. The average molecular weight is 128 g/mol. The van der Waals surface area contributed by atoms with Gasteiger partial charge in [-0.25, -0.2) is 9.37 Å². The molecule has 1 radical (unpaired) electrons. The third-order valence-corrected chi connectivity index (χ3v) is 0.896. The van der Waals surface area contributed by atoms with Crippen LogP contribution in [0.5, 0.6) is 0 Å². The Bertz CT molecular complexity index is 222. The minimum atomic E-state index is -0.820. The van der Waals surface area contributed by atoms with Crippen LogP contribution in [-0.4, -0.2) is 4.98 Å². The quantitative estimate of drug-likeness (QED) is 0.483. The number of nitrogens with zero attached hydrogens (tertiary/aromatic N) is 1. The highest BCUT2D eigenvalue weighted by molar-refractivity contribution is 5.14. The third-order valence-electron chi connectivity index (χ3n) is 0.896. The fraction of sp³-hybridized carbons (Fsp3) is 0. The molecule has 0 amide bonds. The van der Waals surface area contributed by atoms with Crippen LogP contribution < -0.4 is 0 Å². The first-order valence-corrected chi connectivity index (χ1v) is 2.33. The molecule has 0 unspecified atom stereocenters. The molecular weight excluding hydrogens is 124 g/mol. The van der Waals surface area contributed by atoms with Gasteiger partial charge in [0, 0.05) is 17.8 Å². The van der Waals surface area contributed by atoms with Crippen LogP contribution in [0.25, 0.3) is 0 Å². The zero-order valence-electron chi connectivity index (χ0n) is 4.56. The lowest BCUT2D eigenvalue weighted by molar-refractivity contribution is 0.549. The summed E-state index contributed by atoms with van der Waals surface area (Å²) in [4.78, 5) is 3.17. The van der Waals surface area contributed by atoms with Crippen LogP contribution >= 0.6 is 0 Å². The summed E-state index contributed by atoms with van der Waals surface area (Å²) in [5, 5.41) is 0. The Morgan fingerprint density at radius 2 is 2.11 bits per heavy atom. The lowest BCUT2D eigenvalue weighted by Crippen LogP contribution is -1.87. The highest BCUT2D eigenvalue weighted by atomic mass is 19.1. The third kappa shape index (κ3) is 1.22. The maximum absolute atomic E-state index is 12.2. The van der Waals surface area contributed by atoms with Crippen molar-refractivity contribution in [2.24, 2.45) is 0 Å². The topological polar surface area (TPSA) is 12.9 Å². The summed E-state index contributed by atoms with van der Waals surface area (Å²) >= 11 is 0. The van der Waals surface area contributed by atoms with Crippen LogP contribution in [0, 0.1) is 18.7 Å². The summed E-state index contributed by atoms with van der Waals surface area (Å²) in [6, 6.07) is 0.697. The van der Waals surface area contributed by atoms with Gasteiger partial charge in [0.05, 0.1) is 0 Å². The predicted octanol–water partition coefficient (Wildman–Crippen LogP) is 1.54. The lowest BCUT2D eigenvalue weighted by atomic mass is 10.3. The van der Waals surface area contributed by atoms with Crippen LogP contribution in [-0.2, 0) is 0 Å². The van der Waals surface area contributed by atoms with E-state index in [1.165, 1.54) is 0 Å². The molecule has 0 spiro atoms. The molecule has 0 bridgehead atoms. The molecule has 1 rings (SSSR count). The minimum absolute atomic E-state index is 0.108. The van der Waals surface area contributed by atoms with Crippen molar-refractivity contribution in [3.63, 3.8) is 0 Å². The fourth-order valence-corrected chi connectivity index (χ4v) is 0.436. The van der Waals surface area contributed by atoms with Gasteiger partial charge >= 0.3 is 0 Å². The van der Waals surface area contributed by atoms with Gasteiger partial charge in [0.15, 0.2) is 0 Å². The SMILES string of the molecule is [CH2]c1cnc(F)cc1F. The van der Waals surface area contributed by atoms with Crippen molar-refractivity contribution in [3.05, 3.63) is 36.5 Å². The number of rotatable bonds is 0. The summed E-state index contributed by atoms with van der Waals surface area (Å²) in [5.74, 6) is -1.48. The molecule has 47 valence electrons. The van der Waals surface area contributed by atoms with Gasteiger partial charge in [0.2, 0.25) is 5.95 Å². The Hall–Kier alpha value is -0.990. The maximum atomic E-state index is 12.2. The summed E-state index contributed by atoms with van der Waals surface area (Å²) < 4.78 is 24.2. The largest absolute Gasteiger partial charge is 0.228 e. The van der Waals surface area contributed by atoms with Crippen LogP contribution in [0.3, 0.4) is 0 Å². The molecule has 9 heavy (non-hydrogen) atoms. The first kappa shape index (κ1) is 6.13. The monoisotopic (exact) mass is 128 g/mol. The Morgan fingerprint density at radius 1 is 1.44 bits per heavy atom. The second-order valence-corrected chi connectivity index (χ2v) is 1.60. The van der Waals surface area contributed by atoms with E-state index in [0.29, 0.717) is 6.07 Å². The molecule has 0 N–H and O–H groups in total. The first-order chi connectivity index (χ1) is 4.20. The Morgan fingerprint density at radius 3 is 2.56 bits per heavy atom. The molecule has 0 aliphatic carbocycles. The van der Waals surface area contributed by atoms with Gasteiger partial charge in [0.1, 0.15) is 5.82 Å². The Labute approximate surface area is 51.3 Å². The van der Waals surface area contributed by atoms with E-state index in [4.69, 9.17) is 0 Å². The van der Waals surface area contributed by atoms with E-state index in [0.717, 1.165) is 6.20 Å². The highest BCUT2D eigenvalue weighted by Crippen LogP contribution is 2.03. The summed E-state index contributed by atoms with van der Waals surface area (Å²) in [5.41, 5.74) is 0.108. The number of hydrogen-bond donors (Lipinski definition) is 0. The van der Waals surface area contributed by atoms with Crippen molar-refractivity contribution >= 4 is 0 Å². The second-order valence-electron chi connectivity index (χ2n) is 1.60. The van der Waals surface area contributed by atoms with Gasteiger partial charge in [-0.1, -0.05) is 0 Å². The second kappa shape index (κ2) is 2.09. The van der Waals surface area contributed by atoms with E-state index in [1.807, 2.05) is 0 Å². The summed E-state index contributed by atoms with van der Waals surface area (Å²) in [6.07, 6.45) is 1.05. The van der Waals surface area contributed by atoms with Gasteiger partial charge in [0.25, 0.3) is 0 Å². The Balaban J connectivity index is 3.17. The van der Waals surface area contributed by atoms with Crippen molar-refractivity contribution < 1.29 is 8.78 Å². The van der Waals surface area contributed by atoms with Crippen molar-refractivity contribution in [1.29, 1.82) is 0 Å². The van der Waals surface area contributed by atoms with Crippen LogP contribution in [0.2, 0.25) is 0 Å².